The molecule has 0 aromatic carbocycles. The third kappa shape index (κ3) is 9.06. The minimum absolute atomic E-state index is 0.558. The highest BCUT2D eigenvalue weighted by Gasteiger charge is 2.02. The second kappa shape index (κ2) is 7.17. The monoisotopic (exact) mass is 176 g/mol. The van der Waals surface area contributed by atoms with Crippen molar-refractivity contribution in [3.63, 3.8) is 0 Å². The Morgan fingerprint density at radius 1 is 1.55 bits per heavy atom. The molecule has 0 amide bonds. The lowest BCUT2D eigenvalue weighted by molar-refractivity contribution is -0.314. The Bertz CT molecular complexity index is 146. The zero-order chi connectivity index (χ0) is 9.44. The standard InChI is InChI=1S/C4H6O4S.C2H4/c5-2(4(7)8)1-3(6)9;1-2/h2,5H,1H2,(H,6,9)(H,7,8);1-2H2/p-2. The van der Waals surface area contributed by atoms with Crippen molar-refractivity contribution >= 4 is 23.7 Å². The van der Waals surface area contributed by atoms with Crippen LogP contribution in [0.1, 0.15) is 6.42 Å². The lowest BCUT2D eigenvalue weighted by atomic mass is 10.3. The molecule has 0 aliphatic heterocycles. The van der Waals surface area contributed by atoms with E-state index in [9.17, 15) is 14.7 Å². The highest BCUT2D eigenvalue weighted by molar-refractivity contribution is 7.77. The molecule has 0 spiro atoms. The van der Waals surface area contributed by atoms with Gasteiger partial charge in [0.15, 0.2) is 0 Å². The van der Waals surface area contributed by atoms with Crippen molar-refractivity contribution < 1.29 is 19.8 Å². The van der Waals surface area contributed by atoms with Crippen molar-refractivity contribution in [3.8, 4) is 0 Å². The first-order valence-corrected chi connectivity index (χ1v) is 3.03. The first-order valence-electron chi connectivity index (χ1n) is 2.63. The Kier molecular flexibility index (Phi) is 8.29. The van der Waals surface area contributed by atoms with Gasteiger partial charge in [0.1, 0.15) is 0 Å². The molecule has 1 atom stereocenters. The minimum Gasteiger partial charge on any atom is -0.742 e. The van der Waals surface area contributed by atoms with E-state index in [-0.39, 0.29) is 0 Å². The summed E-state index contributed by atoms with van der Waals surface area (Å²) in [6.45, 7) is 6.00. The average Bonchev–Trinajstić information content (AvgIpc) is 1.90. The molecule has 0 aromatic rings. The molecular weight excluding hydrogens is 168 g/mol. The van der Waals surface area contributed by atoms with Crippen molar-refractivity contribution in [1.29, 1.82) is 0 Å². The summed E-state index contributed by atoms with van der Waals surface area (Å²) >= 11 is 3.98. The van der Waals surface area contributed by atoms with Crippen LogP contribution in [0.15, 0.2) is 13.2 Å². The average molecular weight is 176 g/mol. The van der Waals surface area contributed by atoms with Gasteiger partial charge in [-0.2, -0.15) is 0 Å². The summed E-state index contributed by atoms with van der Waals surface area (Å²) < 4.78 is 0. The Morgan fingerprint density at radius 2 is 1.91 bits per heavy atom. The summed E-state index contributed by atoms with van der Waals surface area (Å²) in [7, 11) is 0. The van der Waals surface area contributed by atoms with E-state index in [1.807, 2.05) is 0 Å². The number of carboxylic acid groups (broad SMARTS) is 1. The number of hydrogen-bond acceptors (Lipinski definition) is 5. The quantitative estimate of drug-likeness (QED) is 0.412. The Balaban J connectivity index is 0. The van der Waals surface area contributed by atoms with Crippen LogP contribution in [0.25, 0.3) is 0 Å². The zero-order valence-corrected chi connectivity index (χ0v) is 6.60. The van der Waals surface area contributed by atoms with E-state index in [4.69, 9.17) is 5.11 Å². The molecule has 4 nitrogen and oxygen atoms in total. The van der Waals surface area contributed by atoms with E-state index >= 15 is 0 Å². The summed E-state index contributed by atoms with van der Waals surface area (Å²) in [4.78, 5) is 19.6. The molecular formula is C6H8O4S-2. The predicted octanol–water partition coefficient (Wildman–Crippen LogP) is -1.64. The molecule has 0 aliphatic carbocycles. The summed E-state index contributed by atoms with van der Waals surface area (Å²) in [6, 6.07) is 0. The van der Waals surface area contributed by atoms with Gasteiger partial charge in [-0.05, 0) is 0 Å². The first-order chi connectivity index (χ1) is 5.04. The molecule has 0 aromatic heterocycles. The van der Waals surface area contributed by atoms with Crippen LogP contribution in [-0.2, 0) is 22.2 Å². The Hall–Kier alpha value is -0.940. The molecule has 0 radical (unpaired) electrons. The van der Waals surface area contributed by atoms with Crippen molar-refractivity contribution in [2.75, 3.05) is 0 Å². The number of hydrogen-bond donors (Lipinski definition) is 1. The number of aliphatic hydroxyl groups is 1. The number of rotatable bonds is 3. The molecule has 0 fully saturated rings. The van der Waals surface area contributed by atoms with E-state index < -0.39 is 23.6 Å². The Labute approximate surface area is 69.9 Å². The second-order valence-corrected chi connectivity index (χ2v) is 1.87. The fraction of sp³-hybridized carbons (Fsp3) is 0.333. The normalized spacial score (nSPS) is 10.6. The van der Waals surface area contributed by atoms with Crippen LogP contribution in [0.4, 0.5) is 0 Å². The SMILES string of the molecule is C=C.O=C([S-])CC(O)C(=O)[O-]. The smallest absolute Gasteiger partial charge is 0.0984 e. The summed E-state index contributed by atoms with van der Waals surface area (Å²) in [5.41, 5.74) is 0. The van der Waals surface area contributed by atoms with Gasteiger partial charge >= 0.3 is 0 Å². The summed E-state index contributed by atoms with van der Waals surface area (Å²) in [6.07, 6.45) is -2.31. The van der Waals surface area contributed by atoms with Gasteiger partial charge in [-0.25, -0.2) is 0 Å². The highest BCUT2D eigenvalue weighted by atomic mass is 32.1. The molecule has 5 heteroatoms. The fourth-order valence-corrected chi connectivity index (χ4v) is 0.399. The van der Waals surface area contributed by atoms with Crippen molar-refractivity contribution in [3.05, 3.63) is 13.2 Å². The number of carboxylic acids is 1. The highest BCUT2D eigenvalue weighted by Crippen LogP contribution is 1.88. The molecule has 11 heavy (non-hydrogen) atoms. The lowest BCUT2D eigenvalue weighted by Gasteiger charge is -2.11. The van der Waals surface area contributed by atoms with Gasteiger partial charge in [-0.15, -0.1) is 13.2 Å². The van der Waals surface area contributed by atoms with Crippen molar-refractivity contribution in [2.45, 2.75) is 12.5 Å². The lowest BCUT2D eigenvalue weighted by Crippen LogP contribution is -2.36. The van der Waals surface area contributed by atoms with Gasteiger partial charge in [-0.3, -0.25) is 0 Å². The number of carbonyl (C=O) groups is 2. The number of aliphatic hydroxyl groups excluding tert-OH is 1. The van der Waals surface area contributed by atoms with Gasteiger partial charge in [0.2, 0.25) is 0 Å². The van der Waals surface area contributed by atoms with Crippen LogP contribution in [0.5, 0.6) is 0 Å². The van der Waals surface area contributed by atoms with Crippen LogP contribution < -0.4 is 5.11 Å². The van der Waals surface area contributed by atoms with Gasteiger partial charge in [0, 0.05) is 11.5 Å². The van der Waals surface area contributed by atoms with Gasteiger partial charge < -0.3 is 32.4 Å². The van der Waals surface area contributed by atoms with E-state index in [1.54, 1.807) is 0 Å². The molecule has 1 N–H and O–H groups in total. The van der Waals surface area contributed by atoms with Crippen molar-refractivity contribution in [1.82, 2.24) is 0 Å². The summed E-state index contributed by atoms with van der Waals surface area (Å²) in [5.74, 6) is -1.67. The molecule has 1 unspecified atom stereocenters. The third-order valence-corrected chi connectivity index (χ3v) is 0.799. The van der Waals surface area contributed by atoms with Crippen LogP contribution in [-0.4, -0.2) is 22.3 Å². The largest absolute Gasteiger partial charge is 0.742 e. The molecule has 0 bridgehead atoms. The summed E-state index contributed by atoms with van der Waals surface area (Å²) in [5, 5.41) is 17.2. The van der Waals surface area contributed by atoms with E-state index in [0.717, 1.165) is 0 Å². The third-order valence-electron chi connectivity index (χ3n) is 0.632. The maximum atomic E-state index is 9.92. The molecule has 0 aliphatic rings. The van der Waals surface area contributed by atoms with E-state index in [2.05, 4.69) is 25.8 Å². The minimum atomic E-state index is -1.75. The fourth-order valence-electron chi connectivity index (χ4n) is 0.241. The molecule has 0 heterocycles. The first kappa shape index (κ1) is 12.7. The van der Waals surface area contributed by atoms with Crippen molar-refractivity contribution in [2.24, 2.45) is 0 Å². The predicted molar refractivity (Wildman–Crippen MR) is 39.3 cm³/mol. The zero-order valence-electron chi connectivity index (χ0n) is 5.78. The maximum absolute atomic E-state index is 9.92. The topological polar surface area (TPSA) is 77.4 Å². The molecule has 0 rings (SSSR count). The second-order valence-electron chi connectivity index (χ2n) is 1.41. The van der Waals surface area contributed by atoms with E-state index in [0.29, 0.717) is 0 Å². The maximum Gasteiger partial charge on any atom is 0.0984 e. The molecule has 0 saturated heterocycles. The van der Waals surface area contributed by atoms with Crippen LogP contribution in [0.3, 0.4) is 0 Å². The molecule has 0 saturated carbocycles. The van der Waals surface area contributed by atoms with Crippen LogP contribution >= 0.6 is 0 Å². The van der Waals surface area contributed by atoms with Crippen LogP contribution in [0.2, 0.25) is 0 Å². The number of carbonyl (C=O) groups excluding carboxylic acids is 2. The van der Waals surface area contributed by atoms with E-state index in [1.165, 1.54) is 0 Å². The van der Waals surface area contributed by atoms with Crippen LogP contribution in [0, 0.1) is 0 Å². The van der Waals surface area contributed by atoms with Gasteiger partial charge in [-0.1, -0.05) is 0 Å². The van der Waals surface area contributed by atoms with Gasteiger partial charge in [0.25, 0.3) is 0 Å². The Morgan fingerprint density at radius 3 is 2.00 bits per heavy atom. The van der Waals surface area contributed by atoms with Gasteiger partial charge in [0.05, 0.1) is 12.1 Å². The molecule has 64 valence electrons. The number of aliphatic carboxylic acids is 1.